The van der Waals surface area contributed by atoms with E-state index in [1.165, 1.54) is 0 Å². The Morgan fingerprint density at radius 1 is 0.967 bits per heavy atom. The van der Waals surface area contributed by atoms with Crippen molar-refractivity contribution in [2.75, 3.05) is 24.4 Å². The number of esters is 1. The van der Waals surface area contributed by atoms with Gasteiger partial charge in [0.15, 0.2) is 6.61 Å². The summed E-state index contributed by atoms with van der Waals surface area (Å²) in [6.45, 7) is -0.338. The maximum atomic E-state index is 12.3. The number of ether oxygens (including phenoxy) is 2. The lowest BCUT2D eigenvalue weighted by molar-refractivity contribution is -0.147. The van der Waals surface area contributed by atoms with E-state index in [0.717, 1.165) is 12.8 Å². The summed E-state index contributed by atoms with van der Waals surface area (Å²) in [5.74, 6) is -0.174. The molecule has 0 aromatic heterocycles. The summed E-state index contributed by atoms with van der Waals surface area (Å²) in [5, 5.41) is 5.43. The van der Waals surface area contributed by atoms with Crippen molar-refractivity contribution in [1.29, 1.82) is 0 Å². The fraction of sp³-hybridized carbons (Fsp3) is 0.261. The molecule has 0 saturated carbocycles. The third-order valence-electron chi connectivity index (χ3n) is 4.68. The van der Waals surface area contributed by atoms with Crippen molar-refractivity contribution < 1.29 is 23.9 Å². The number of allylic oxidation sites excluding steroid dienone is 2. The Hall–Kier alpha value is -3.61. The number of hydrogen-bond acceptors (Lipinski definition) is 5. The molecule has 7 nitrogen and oxygen atoms in total. The fourth-order valence-corrected chi connectivity index (χ4v) is 3.06. The Bertz CT molecular complexity index is 920. The molecule has 0 unspecified atom stereocenters. The van der Waals surface area contributed by atoms with Gasteiger partial charge in [0.05, 0.1) is 13.5 Å². The molecule has 7 heteroatoms. The zero-order chi connectivity index (χ0) is 21.3. The first-order chi connectivity index (χ1) is 14.5. The van der Waals surface area contributed by atoms with Crippen molar-refractivity contribution in [3.63, 3.8) is 0 Å². The molecule has 1 aliphatic rings. The van der Waals surface area contributed by atoms with Crippen LogP contribution < -0.4 is 15.4 Å². The van der Waals surface area contributed by atoms with Crippen LogP contribution in [0.15, 0.2) is 60.7 Å². The molecule has 0 heterocycles. The minimum atomic E-state index is -0.430. The summed E-state index contributed by atoms with van der Waals surface area (Å²) in [4.78, 5) is 36.1. The Morgan fingerprint density at radius 3 is 2.27 bits per heavy atom. The van der Waals surface area contributed by atoms with Gasteiger partial charge in [0.25, 0.3) is 11.8 Å². The molecule has 0 radical (unpaired) electrons. The second-order valence-corrected chi connectivity index (χ2v) is 6.94. The number of benzene rings is 2. The number of amides is 2. The number of nitrogens with one attached hydrogen (secondary N) is 2. The van der Waals surface area contributed by atoms with Gasteiger partial charge in [0.1, 0.15) is 5.75 Å². The van der Waals surface area contributed by atoms with Crippen LogP contribution in [-0.2, 0) is 14.3 Å². The van der Waals surface area contributed by atoms with E-state index in [4.69, 9.17) is 9.47 Å². The summed E-state index contributed by atoms with van der Waals surface area (Å²) in [5.41, 5.74) is 1.60. The number of carbonyl (C=O) groups excluding carboxylic acids is 3. The normalized spacial score (nSPS) is 14.8. The van der Waals surface area contributed by atoms with Gasteiger partial charge in [-0.15, -0.1) is 0 Å². The van der Waals surface area contributed by atoms with Crippen LogP contribution in [0.3, 0.4) is 0 Å². The molecule has 3 rings (SSSR count). The number of carbonyl (C=O) groups is 3. The molecule has 156 valence electrons. The molecule has 1 aliphatic carbocycles. The van der Waals surface area contributed by atoms with E-state index in [1.807, 2.05) is 12.2 Å². The Morgan fingerprint density at radius 2 is 1.63 bits per heavy atom. The van der Waals surface area contributed by atoms with E-state index >= 15 is 0 Å². The lowest BCUT2D eigenvalue weighted by Crippen LogP contribution is -2.21. The highest BCUT2D eigenvalue weighted by Gasteiger charge is 2.16. The van der Waals surface area contributed by atoms with Crippen molar-refractivity contribution in [3.8, 4) is 5.75 Å². The van der Waals surface area contributed by atoms with E-state index in [9.17, 15) is 14.4 Å². The van der Waals surface area contributed by atoms with Gasteiger partial charge in [-0.2, -0.15) is 0 Å². The van der Waals surface area contributed by atoms with Crippen molar-refractivity contribution in [2.45, 2.75) is 19.3 Å². The predicted molar refractivity (Wildman–Crippen MR) is 113 cm³/mol. The summed E-state index contributed by atoms with van der Waals surface area (Å²) >= 11 is 0. The molecule has 0 saturated heterocycles. The van der Waals surface area contributed by atoms with Crippen LogP contribution in [0.4, 0.5) is 11.4 Å². The van der Waals surface area contributed by atoms with Gasteiger partial charge in [-0.1, -0.05) is 12.2 Å². The highest BCUT2D eigenvalue weighted by molar-refractivity contribution is 6.04. The Labute approximate surface area is 175 Å². The average molecular weight is 408 g/mol. The van der Waals surface area contributed by atoms with Crippen LogP contribution in [0.25, 0.3) is 0 Å². The second-order valence-electron chi connectivity index (χ2n) is 6.94. The van der Waals surface area contributed by atoms with E-state index in [1.54, 1.807) is 55.6 Å². The van der Waals surface area contributed by atoms with Crippen LogP contribution in [0, 0.1) is 5.92 Å². The lowest BCUT2D eigenvalue weighted by Gasteiger charge is -2.10. The van der Waals surface area contributed by atoms with Gasteiger partial charge in [-0.05, 0) is 67.3 Å². The van der Waals surface area contributed by atoms with Gasteiger partial charge >= 0.3 is 5.97 Å². The maximum Gasteiger partial charge on any atom is 0.306 e. The first-order valence-corrected chi connectivity index (χ1v) is 9.71. The molecule has 2 N–H and O–H groups in total. The molecule has 2 aromatic carbocycles. The standard InChI is InChI=1S/C23H24N2O5/c1-29-20-12-10-19(11-13-20)25-23(28)17-6-8-18(9-7-17)24-21(26)15-30-22(27)14-16-4-2-3-5-16/h2,4,6-13,16H,3,5,14-15H2,1H3,(H,24,26)(H,25,28)/t16-/m1/s1. The van der Waals surface area contributed by atoms with Crippen LogP contribution in [0.2, 0.25) is 0 Å². The van der Waals surface area contributed by atoms with E-state index in [0.29, 0.717) is 29.1 Å². The molecular formula is C23H24N2O5. The summed E-state index contributed by atoms with van der Waals surface area (Å²) in [6, 6.07) is 13.4. The van der Waals surface area contributed by atoms with Crippen molar-refractivity contribution in [3.05, 3.63) is 66.2 Å². The van der Waals surface area contributed by atoms with Gasteiger partial charge in [-0.3, -0.25) is 14.4 Å². The molecule has 1 atom stereocenters. The summed E-state index contributed by atoms with van der Waals surface area (Å²) < 4.78 is 10.1. The number of rotatable bonds is 8. The van der Waals surface area contributed by atoms with E-state index < -0.39 is 5.91 Å². The van der Waals surface area contributed by atoms with Crippen molar-refractivity contribution in [2.24, 2.45) is 5.92 Å². The minimum Gasteiger partial charge on any atom is -0.497 e. The van der Waals surface area contributed by atoms with Gasteiger partial charge in [0, 0.05) is 16.9 Å². The first kappa shape index (κ1) is 21.1. The highest BCUT2D eigenvalue weighted by Crippen LogP contribution is 2.20. The first-order valence-electron chi connectivity index (χ1n) is 9.71. The lowest BCUT2D eigenvalue weighted by atomic mass is 10.1. The average Bonchev–Trinajstić information content (AvgIpc) is 3.26. The summed E-state index contributed by atoms with van der Waals surface area (Å²) in [7, 11) is 1.58. The Balaban J connectivity index is 1.44. The summed E-state index contributed by atoms with van der Waals surface area (Å²) in [6.07, 6.45) is 6.27. The molecule has 0 fully saturated rings. The van der Waals surface area contributed by atoms with Gasteiger partial charge in [0.2, 0.25) is 0 Å². The molecule has 0 bridgehead atoms. The quantitative estimate of drug-likeness (QED) is 0.512. The highest BCUT2D eigenvalue weighted by atomic mass is 16.5. The predicted octanol–water partition coefficient (Wildman–Crippen LogP) is 3.79. The number of anilines is 2. The van der Waals surface area contributed by atoms with Gasteiger partial charge in [-0.25, -0.2) is 0 Å². The second kappa shape index (κ2) is 10.2. The van der Waals surface area contributed by atoms with Gasteiger partial charge < -0.3 is 20.1 Å². The van der Waals surface area contributed by atoms with Crippen LogP contribution >= 0.6 is 0 Å². The molecule has 0 aliphatic heterocycles. The zero-order valence-corrected chi connectivity index (χ0v) is 16.7. The topological polar surface area (TPSA) is 93.7 Å². The van der Waals surface area contributed by atoms with E-state index in [-0.39, 0.29) is 24.4 Å². The third kappa shape index (κ3) is 6.20. The van der Waals surface area contributed by atoms with Crippen LogP contribution in [0.5, 0.6) is 5.75 Å². The largest absolute Gasteiger partial charge is 0.497 e. The molecule has 30 heavy (non-hydrogen) atoms. The number of hydrogen-bond donors (Lipinski definition) is 2. The molecule has 0 spiro atoms. The Kier molecular flexibility index (Phi) is 7.21. The van der Waals surface area contributed by atoms with Crippen LogP contribution in [0.1, 0.15) is 29.6 Å². The molecule has 2 amide bonds. The monoisotopic (exact) mass is 408 g/mol. The molecular weight excluding hydrogens is 384 g/mol. The third-order valence-corrected chi connectivity index (χ3v) is 4.68. The smallest absolute Gasteiger partial charge is 0.306 e. The van der Waals surface area contributed by atoms with Crippen molar-refractivity contribution in [1.82, 2.24) is 0 Å². The van der Waals surface area contributed by atoms with Crippen LogP contribution in [-0.4, -0.2) is 31.5 Å². The van der Waals surface area contributed by atoms with E-state index in [2.05, 4.69) is 10.6 Å². The maximum absolute atomic E-state index is 12.3. The number of methoxy groups -OCH3 is 1. The SMILES string of the molecule is COc1ccc(NC(=O)c2ccc(NC(=O)COC(=O)C[C@@H]3C=CCC3)cc2)cc1. The fourth-order valence-electron chi connectivity index (χ4n) is 3.06. The van der Waals surface area contributed by atoms with Crippen molar-refractivity contribution >= 4 is 29.2 Å². The zero-order valence-electron chi connectivity index (χ0n) is 16.7. The molecule has 2 aromatic rings. The minimum absolute atomic E-state index is 0.206.